The van der Waals surface area contributed by atoms with Gasteiger partial charge in [-0.05, 0) is 67.2 Å². The van der Waals surface area contributed by atoms with E-state index in [1.165, 1.54) is 0 Å². The zero-order chi connectivity index (χ0) is 15.8. The molecule has 0 aliphatic heterocycles. The maximum atomic E-state index is 5.67. The molecule has 0 radical (unpaired) electrons. The second kappa shape index (κ2) is 8.39. The number of benzene rings is 2. The number of methoxy groups -OCH3 is 1. The minimum Gasteiger partial charge on any atom is -0.497 e. The Labute approximate surface area is 136 Å². The summed E-state index contributed by atoms with van der Waals surface area (Å²) in [4.78, 5) is 0. The van der Waals surface area contributed by atoms with Crippen LogP contribution in [0.5, 0.6) is 17.2 Å². The Morgan fingerprint density at radius 3 is 2.09 bits per heavy atom. The third-order valence-electron chi connectivity index (χ3n) is 3.13. The quantitative estimate of drug-likeness (QED) is 0.550. The largest absolute Gasteiger partial charge is 0.497 e. The summed E-state index contributed by atoms with van der Waals surface area (Å²) in [7, 11) is 1.63. The summed E-state index contributed by atoms with van der Waals surface area (Å²) in [6, 6.07) is 15.0. The van der Waals surface area contributed by atoms with Crippen LogP contribution in [0.2, 0.25) is 0 Å². The first-order chi connectivity index (χ1) is 10.7. The summed E-state index contributed by atoms with van der Waals surface area (Å²) in [5.41, 5.74) is 0.855. The molecule has 0 aliphatic rings. The highest BCUT2D eigenvalue weighted by atomic mass is 32.1. The first kappa shape index (κ1) is 16.3. The summed E-state index contributed by atoms with van der Waals surface area (Å²) >= 11 is 5.32. The van der Waals surface area contributed by atoms with Crippen LogP contribution in [0, 0.1) is 0 Å². The maximum Gasteiger partial charge on any atom is 0.198 e. The van der Waals surface area contributed by atoms with E-state index < -0.39 is 0 Å². The van der Waals surface area contributed by atoms with Crippen molar-refractivity contribution in [2.75, 3.05) is 13.7 Å². The molecule has 0 saturated heterocycles. The number of ether oxygens (including phenoxy) is 3. The third-order valence-corrected chi connectivity index (χ3v) is 3.45. The van der Waals surface area contributed by atoms with Gasteiger partial charge in [0.1, 0.15) is 17.2 Å². The molecule has 0 aliphatic carbocycles. The monoisotopic (exact) mass is 316 g/mol. The maximum absolute atomic E-state index is 5.67. The fraction of sp³-hybridized carbons (Fsp3) is 0.278. The topological polar surface area (TPSA) is 27.7 Å². The molecular formula is C18H20O3S. The van der Waals surface area contributed by atoms with E-state index in [1.807, 2.05) is 48.5 Å². The van der Waals surface area contributed by atoms with Crippen LogP contribution in [0.15, 0.2) is 48.5 Å². The molecule has 0 bridgehead atoms. The van der Waals surface area contributed by atoms with Gasteiger partial charge < -0.3 is 14.2 Å². The van der Waals surface area contributed by atoms with Gasteiger partial charge in [0.15, 0.2) is 5.05 Å². The van der Waals surface area contributed by atoms with Gasteiger partial charge in [0, 0.05) is 5.56 Å². The van der Waals surface area contributed by atoms with Gasteiger partial charge >= 0.3 is 0 Å². The van der Waals surface area contributed by atoms with Crippen molar-refractivity contribution in [3.63, 3.8) is 0 Å². The third kappa shape index (κ3) is 4.74. The molecule has 2 aromatic rings. The second-order valence-corrected chi connectivity index (χ2v) is 5.16. The van der Waals surface area contributed by atoms with Crippen LogP contribution in [0.1, 0.15) is 25.3 Å². The Kier molecular flexibility index (Phi) is 6.22. The van der Waals surface area contributed by atoms with Crippen molar-refractivity contribution < 1.29 is 14.2 Å². The Bertz CT molecular complexity index is 591. The summed E-state index contributed by atoms with van der Waals surface area (Å²) in [6.45, 7) is 2.88. The molecular weight excluding hydrogens is 296 g/mol. The van der Waals surface area contributed by atoms with Gasteiger partial charge in [-0.3, -0.25) is 0 Å². The van der Waals surface area contributed by atoms with Crippen molar-refractivity contribution in [3.05, 3.63) is 54.1 Å². The lowest BCUT2D eigenvalue weighted by atomic mass is 10.2. The van der Waals surface area contributed by atoms with E-state index in [9.17, 15) is 0 Å². The molecule has 3 nitrogen and oxygen atoms in total. The fourth-order valence-electron chi connectivity index (χ4n) is 1.83. The Balaban J connectivity index is 1.94. The molecule has 2 rings (SSSR count). The van der Waals surface area contributed by atoms with Gasteiger partial charge in [-0.15, -0.1) is 0 Å². The lowest BCUT2D eigenvalue weighted by Gasteiger charge is -2.09. The van der Waals surface area contributed by atoms with Crippen LogP contribution in [-0.2, 0) is 0 Å². The molecule has 116 valence electrons. The number of unbranched alkanes of at least 4 members (excludes halogenated alkanes) is 1. The molecule has 0 unspecified atom stereocenters. The van der Waals surface area contributed by atoms with Crippen LogP contribution >= 0.6 is 12.2 Å². The van der Waals surface area contributed by atoms with E-state index in [0.717, 1.165) is 36.5 Å². The summed E-state index contributed by atoms with van der Waals surface area (Å²) in [5, 5.41) is 0.435. The minimum atomic E-state index is 0.435. The lowest BCUT2D eigenvalue weighted by Crippen LogP contribution is -2.07. The predicted octanol–water partition coefficient (Wildman–Crippen LogP) is 4.63. The van der Waals surface area contributed by atoms with Gasteiger partial charge in [0.05, 0.1) is 13.7 Å². The molecule has 0 N–H and O–H groups in total. The van der Waals surface area contributed by atoms with Crippen LogP contribution in [-0.4, -0.2) is 18.8 Å². The number of rotatable bonds is 7. The number of hydrogen-bond donors (Lipinski definition) is 0. The van der Waals surface area contributed by atoms with E-state index >= 15 is 0 Å². The van der Waals surface area contributed by atoms with Crippen LogP contribution in [0.25, 0.3) is 0 Å². The van der Waals surface area contributed by atoms with Gasteiger partial charge in [0.25, 0.3) is 0 Å². The molecule has 0 saturated carbocycles. The Morgan fingerprint density at radius 2 is 1.50 bits per heavy atom. The molecule has 2 aromatic carbocycles. The standard InChI is InChI=1S/C18H20O3S/c1-3-4-13-20-16-7-5-14(6-8-16)18(22)21-17-11-9-15(19-2)10-12-17/h5-12H,3-4,13H2,1-2H3. The second-order valence-electron chi connectivity index (χ2n) is 4.79. The van der Waals surface area contributed by atoms with Crippen molar-refractivity contribution in [1.29, 1.82) is 0 Å². The first-order valence-electron chi connectivity index (χ1n) is 7.32. The van der Waals surface area contributed by atoms with E-state index in [-0.39, 0.29) is 0 Å². The van der Waals surface area contributed by atoms with E-state index in [2.05, 4.69) is 6.92 Å². The van der Waals surface area contributed by atoms with Gasteiger partial charge in [-0.2, -0.15) is 0 Å². The van der Waals surface area contributed by atoms with Crippen molar-refractivity contribution in [2.24, 2.45) is 0 Å². The predicted molar refractivity (Wildman–Crippen MR) is 92.2 cm³/mol. The molecule has 0 fully saturated rings. The number of thiocarbonyl (C=S) groups is 1. The lowest BCUT2D eigenvalue weighted by molar-refractivity contribution is 0.309. The molecule has 0 amide bonds. The highest BCUT2D eigenvalue weighted by Gasteiger charge is 2.05. The first-order valence-corrected chi connectivity index (χ1v) is 7.73. The zero-order valence-electron chi connectivity index (χ0n) is 12.9. The summed E-state index contributed by atoms with van der Waals surface area (Å²) in [5.74, 6) is 2.32. The van der Waals surface area contributed by atoms with Crippen molar-refractivity contribution in [3.8, 4) is 17.2 Å². The van der Waals surface area contributed by atoms with E-state index in [0.29, 0.717) is 10.8 Å². The minimum absolute atomic E-state index is 0.435. The van der Waals surface area contributed by atoms with Crippen molar-refractivity contribution >= 4 is 17.3 Å². The highest BCUT2D eigenvalue weighted by Crippen LogP contribution is 2.19. The average Bonchev–Trinajstić information content (AvgIpc) is 2.56. The number of hydrogen-bond acceptors (Lipinski definition) is 4. The molecule has 0 atom stereocenters. The van der Waals surface area contributed by atoms with Crippen LogP contribution in [0.3, 0.4) is 0 Å². The van der Waals surface area contributed by atoms with Crippen molar-refractivity contribution in [2.45, 2.75) is 19.8 Å². The van der Waals surface area contributed by atoms with E-state index in [4.69, 9.17) is 26.4 Å². The van der Waals surface area contributed by atoms with Gasteiger partial charge in [-0.1, -0.05) is 13.3 Å². The highest BCUT2D eigenvalue weighted by molar-refractivity contribution is 7.80. The van der Waals surface area contributed by atoms with Gasteiger partial charge in [0.2, 0.25) is 0 Å². The fourth-order valence-corrected chi connectivity index (χ4v) is 2.06. The molecule has 22 heavy (non-hydrogen) atoms. The SMILES string of the molecule is CCCCOc1ccc(C(=S)Oc2ccc(OC)cc2)cc1. The molecule has 4 heteroatoms. The smallest absolute Gasteiger partial charge is 0.198 e. The van der Waals surface area contributed by atoms with Crippen LogP contribution in [0.4, 0.5) is 0 Å². The molecule has 0 aromatic heterocycles. The molecule has 0 spiro atoms. The summed E-state index contributed by atoms with van der Waals surface area (Å²) in [6.07, 6.45) is 2.18. The van der Waals surface area contributed by atoms with Crippen molar-refractivity contribution in [1.82, 2.24) is 0 Å². The van der Waals surface area contributed by atoms with Gasteiger partial charge in [-0.25, -0.2) is 0 Å². The average molecular weight is 316 g/mol. The molecule has 0 heterocycles. The normalized spacial score (nSPS) is 10.1. The summed E-state index contributed by atoms with van der Waals surface area (Å²) < 4.78 is 16.4. The Morgan fingerprint density at radius 1 is 0.909 bits per heavy atom. The van der Waals surface area contributed by atoms with Crippen LogP contribution < -0.4 is 14.2 Å². The Hall–Kier alpha value is -2.07. The zero-order valence-corrected chi connectivity index (χ0v) is 13.7. The van der Waals surface area contributed by atoms with E-state index in [1.54, 1.807) is 7.11 Å².